The van der Waals surface area contributed by atoms with Gasteiger partial charge in [-0.25, -0.2) is 0 Å². The molecule has 0 aromatic heterocycles. The number of carbonyl (C=O) groups excluding carboxylic acids is 2. The van der Waals surface area contributed by atoms with Gasteiger partial charge >= 0.3 is 0 Å². The molecule has 1 heterocycles. The zero-order valence-electron chi connectivity index (χ0n) is 12.7. The van der Waals surface area contributed by atoms with Crippen LogP contribution in [0.25, 0.3) is 0 Å². The molecule has 24 heavy (non-hydrogen) atoms. The number of non-ortho nitro benzene ring substituents is 1. The number of β-lactam (4-membered cyclic amide) rings is 1. The van der Waals surface area contributed by atoms with Crippen molar-refractivity contribution in [1.29, 1.82) is 0 Å². The Bertz CT molecular complexity index is 629. The summed E-state index contributed by atoms with van der Waals surface area (Å²) in [5, 5.41) is 41.1. The van der Waals surface area contributed by atoms with Crippen LogP contribution in [0.5, 0.6) is 0 Å². The number of aliphatic hydroxyl groups excluding tert-OH is 2. The molecule has 0 spiro atoms. The molecule has 1 amide bonds. The van der Waals surface area contributed by atoms with E-state index in [4.69, 9.17) is 5.11 Å². The molecule has 0 saturated carbocycles. The van der Waals surface area contributed by atoms with E-state index in [0.29, 0.717) is 5.56 Å². The molecule has 0 radical (unpaired) electrons. The fourth-order valence-electron chi connectivity index (χ4n) is 2.87. The molecule has 1 fully saturated rings. The molecule has 0 aliphatic carbocycles. The summed E-state index contributed by atoms with van der Waals surface area (Å²) in [6.45, 7) is -0.202. The normalized spacial score (nSPS) is 21.1. The Kier molecular flexibility index (Phi) is 5.60. The van der Waals surface area contributed by atoms with Crippen LogP contribution in [0.1, 0.15) is 12.0 Å². The minimum atomic E-state index is -2.01. The van der Waals surface area contributed by atoms with E-state index in [-0.39, 0.29) is 25.1 Å². The first-order valence-electron chi connectivity index (χ1n) is 7.38. The Labute approximate surface area is 137 Å². The fourth-order valence-corrected chi connectivity index (χ4v) is 2.87. The highest BCUT2D eigenvalue weighted by atomic mass is 16.6. The number of Topliss-reactive ketones (excluding diaryl/α,β-unsaturated/α-hetero) is 1. The van der Waals surface area contributed by atoms with Crippen molar-refractivity contribution < 1.29 is 29.8 Å². The van der Waals surface area contributed by atoms with E-state index in [2.05, 4.69) is 5.32 Å². The maximum absolute atomic E-state index is 12.4. The van der Waals surface area contributed by atoms with Crippen LogP contribution in [0.15, 0.2) is 24.3 Å². The third-order valence-electron chi connectivity index (χ3n) is 4.11. The first-order valence-corrected chi connectivity index (χ1v) is 7.38. The average molecular weight is 338 g/mol. The first kappa shape index (κ1) is 18.0. The third-order valence-corrected chi connectivity index (χ3v) is 4.11. The monoisotopic (exact) mass is 338 g/mol. The highest BCUT2D eigenvalue weighted by molar-refractivity contribution is 5.94. The molecule has 4 N–H and O–H groups in total. The van der Waals surface area contributed by atoms with Gasteiger partial charge in [-0.05, 0) is 12.0 Å². The van der Waals surface area contributed by atoms with E-state index in [1.54, 1.807) is 0 Å². The van der Waals surface area contributed by atoms with Crippen LogP contribution in [0, 0.1) is 22.0 Å². The van der Waals surface area contributed by atoms with E-state index < -0.39 is 40.8 Å². The number of nitro benzene ring substituents is 1. The van der Waals surface area contributed by atoms with E-state index >= 15 is 0 Å². The second-order valence-corrected chi connectivity index (χ2v) is 5.66. The molecular formula is C15H18N2O7. The summed E-state index contributed by atoms with van der Waals surface area (Å²) in [7, 11) is 0. The lowest BCUT2D eigenvalue weighted by atomic mass is 9.74. The van der Waals surface area contributed by atoms with Gasteiger partial charge in [-0.15, -0.1) is 0 Å². The zero-order chi connectivity index (χ0) is 17.9. The SMILES string of the molecule is O=C(Cc1ccc([N+](=O)[O-])cc1)C(C(O)O)C1C(=O)NC1CCO. The number of carbonyl (C=O) groups is 2. The van der Waals surface area contributed by atoms with Crippen LogP contribution in [-0.4, -0.2) is 50.9 Å². The van der Waals surface area contributed by atoms with Gasteiger partial charge in [0.05, 0.1) is 16.8 Å². The van der Waals surface area contributed by atoms with Gasteiger partial charge in [-0.2, -0.15) is 0 Å². The second-order valence-electron chi connectivity index (χ2n) is 5.66. The van der Waals surface area contributed by atoms with Crippen molar-refractivity contribution in [2.24, 2.45) is 11.8 Å². The topological polar surface area (TPSA) is 150 Å². The number of amides is 1. The molecule has 3 atom stereocenters. The Morgan fingerprint density at radius 3 is 2.38 bits per heavy atom. The summed E-state index contributed by atoms with van der Waals surface area (Å²) in [6.07, 6.45) is -1.98. The fraction of sp³-hybridized carbons (Fsp3) is 0.467. The minimum Gasteiger partial charge on any atom is -0.396 e. The van der Waals surface area contributed by atoms with Crippen molar-refractivity contribution in [3.63, 3.8) is 0 Å². The molecule has 1 aromatic rings. The highest BCUT2D eigenvalue weighted by Crippen LogP contribution is 2.30. The maximum Gasteiger partial charge on any atom is 0.269 e. The first-order chi connectivity index (χ1) is 11.3. The highest BCUT2D eigenvalue weighted by Gasteiger charge is 2.49. The van der Waals surface area contributed by atoms with E-state index in [9.17, 15) is 29.9 Å². The molecule has 2 rings (SSSR count). The number of benzene rings is 1. The molecule has 1 aromatic carbocycles. The number of nitro groups is 1. The van der Waals surface area contributed by atoms with Crippen LogP contribution in [0.3, 0.4) is 0 Å². The Hall–Kier alpha value is -2.36. The van der Waals surface area contributed by atoms with E-state index in [0.717, 1.165) is 0 Å². The number of hydrogen-bond donors (Lipinski definition) is 4. The van der Waals surface area contributed by atoms with Gasteiger partial charge in [0.25, 0.3) is 5.69 Å². The van der Waals surface area contributed by atoms with Crippen molar-refractivity contribution in [3.8, 4) is 0 Å². The quantitative estimate of drug-likeness (QED) is 0.208. The number of rotatable bonds is 8. The molecular weight excluding hydrogens is 320 g/mol. The predicted molar refractivity (Wildman–Crippen MR) is 80.6 cm³/mol. The predicted octanol–water partition coefficient (Wildman–Crippen LogP) is -0.870. The Morgan fingerprint density at radius 2 is 1.92 bits per heavy atom. The molecule has 130 valence electrons. The lowest BCUT2D eigenvalue weighted by Crippen LogP contribution is -2.64. The summed E-state index contributed by atoms with van der Waals surface area (Å²) in [6, 6.07) is 4.82. The van der Waals surface area contributed by atoms with Crippen molar-refractivity contribution in [2.75, 3.05) is 6.61 Å². The summed E-state index contributed by atoms with van der Waals surface area (Å²) in [5.74, 6) is -3.25. The van der Waals surface area contributed by atoms with Gasteiger partial charge in [0.15, 0.2) is 6.29 Å². The number of nitrogens with zero attached hydrogens (tertiary/aromatic N) is 1. The third kappa shape index (κ3) is 3.75. The van der Waals surface area contributed by atoms with Gasteiger partial charge in [0.1, 0.15) is 5.78 Å². The van der Waals surface area contributed by atoms with Gasteiger partial charge in [0.2, 0.25) is 5.91 Å². The smallest absolute Gasteiger partial charge is 0.269 e. The van der Waals surface area contributed by atoms with Gasteiger partial charge in [0, 0.05) is 31.2 Å². The van der Waals surface area contributed by atoms with Crippen LogP contribution in [0.4, 0.5) is 5.69 Å². The molecule has 1 aliphatic rings. The second kappa shape index (κ2) is 7.47. The largest absolute Gasteiger partial charge is 0.396 e. The summed E-state index contributed by atoms with van der Waals surface area (Å²) < 4.78 is 0. The molecule has 9 nitrogen and oxygen atoms in total. The van der Waals surface area contributed by atoms with Crippen molar-refractivity contribution in [3.05, 3.63) is 39.9 Å². The molecule has 1 aliphatic heterocycles. The minimum absolute atomic E-state index is 0.119. The number of ketones is 1. The lowest BCUT2D eigenvalue weighted by molar-refractivity contribution is -0.384. The van der Waals surface area contributed by atoms with Crippen molar-refractivity contribution in [1.82, 2.24) is 5.32 Å². The van der Waals surface area contributed by atoms with E-state index in [1.165, 1.54) is 24.3 Å². The maximum atomic E-state index is 12.4. The zero-order valence-corrected chi connectivity index (χ0v) is 12.7. The number of hydrogen-bond acceptors (Lipinski definition) is 7. The molecule has 0 bridgehead atoms. The molecule has 3 unspecified atom stereocenters. The van der Waals surface area contributed by atoms with E-state index in [1.807, 2.05) is 0 Å². The van der Waals surface area contributed by atoms with Crippen molar-refractivity contribution >= 4 is 17.4 Å². The van der Waals surface area contributed by atoms with Gasteiger partial charge in [-0.3, -0.25) is 19.7 Å². The summed E-state index contributed by atoms with van der Waals surface area (Å²) in [4.78, 5) is 34.1. The van der Waals surface area contributed by atoms with Gasteiger partial charge < -0.3 is 20.6 Å². The van der Waals surface area contributed by atoms with Crippen LogP contribution in [0.2, 0.25) is 0 Å². The average Bonchev–Trinajstić information content (AvgIpc) is 2.52. The molecule has 1 saturated heterocycles. The number of nitrogens with one attached hydrogen (secondary N) is 1. The van der Waals surface area contributed by atoms with Crippen LogP contribution in [-0.2, 0) is 16.0 Å². The standard InChI is InChI=1S/C15H18N2O7/c18-6-5-10-12(14(20)16-10)13(15(21)22)11(19)7-8-1-3-9(4-2-8)17(23)24/h1-4,10,12-13,15,18,21-22H,5-7H2,(H,16,20). The van der Waals surface area contributed by atoms with Crippen LogP contribution < -0.4 is 5.32 Å². The molecule has 9 heteroatoms. The Balaban J connectivity index is 2.11. The summed E-state index contributed by atoms with van der Waals surface area (Å²) >= 11 is 0. The van der Waals surface area contributed by atoms with Crippen molar-refractivity contribution in [2.45, 2.75) is 25.2 Å². The Morgan fingerprint density at radius 1 is 1.29 bits per heavy atom. The number of aliphatic hydroxyl groups is 3. The van der Waals surface area contributed by atoms with Crippen LogP contribution >= 0.6 is 0 Å². The lowest BCUT2D eigenvalue weighted by Gasteiger charge is -2.41. The van der Waals surface area contributed by atoms with Gasteiger partial charge in [-0.1, -0.05) is 12.1 Å². The summed E-state index contributed by atoms with van der Waals surface area (Å²) in [5.41, 5.74) is 0.348.